The minimum atomic E-state index is -3.59. The first-order chi connectivity index (χ1) is 7.01. The third kappa shape index (κ3) is 2.74. The van der Waals surface area contributed by atoms with Crippen molar-refractivity contribution in [1.82, 2.24) is 4.72 Å². The number of sulfonamides is 1. The van der Waals surface area contributed by atoms with E-state index < -0.39 is 22.4 Å². The van der Waals surface area contributed by atoms with Crippen LogP contribution in [0.4, 0.5) is 4.39 Å². The van der Waals surface area contributed by atoms with Gasteiger partial charge in [-0.05, 0) is 18.2 Å². The highest BCUT2D eigenvalue weighted by atomic mass is 32.2. The summed E-state index contributed by atoms with van der Waals surface area (Å²) in [6.07, 6.45) is 0. The van der Waals surface area contributed by atoms with Crippen molar-refractivity contribution in [1.29, 1.82) is 0 Å². The van der Waals surface area contributed by atoms with E-state index in [9.17, 15) is 12.8 Å². The molecular weight excluding hydrogens is 221 g/mol. The summed E-state index contributed by atoms with van der Waals surface area (Å²) in [6, 6.07) is 3.30. The molecule has 1 aromatic carbocycles. The second-order valence-corrected chi connectivity index (χ2v) is 4.68. The first-order valence-electron chi connectivity index (χ1n) is 4.40. The van der Waals surface area contributed by atoms with Crippen LogP contribution in [0.5, 0.6) is 0 Å². The molecule has 0 heterocycles. The van der Waals surface area contributed by atoms with Gasteiger partial charge in [0, 0.05) is 12.1 Å². The minimum absolute atomic E-state index is 0.0334. The summed E-state index contributed by atoms with van der Waals surface area (Å²) in [5.74, 6) is -0.618. The van der Waals surface area contributed by atoms with Crippen LogP contribution in [0, 0.1) is 5.82 Å². The van der Waals surface area contributed by atoms with Crippen molar-refractivity contribution in [2.75, 3.05) is 6.54 Å². The van der Waals surface area contributed by atoms with Crippen molar-refractivity contribution in [3.05, 3.63) is 29.6 Å². The SMILES string of the molecule is CCNS(=O)(=O)c1ccc(F)c(CO)c1. The first-order valence-corrected chi connectivity index (χ1v) is 5.88. The molecule has 0 saturated heterocycles. The lowest BCUT2D eigenvalue weighted by molar-refractivity contribution is 0.275. The molecule has 1 aromatic rings. The van der Waals surface area contributed by atoms with Gasteiger partial charge in [0.05, 0.1) is 11.5 Å². The van der Waals surface area contributed by atoms with E-state index in [0.717, 1.165) is 18.2 Å². The largest absolute Gasteiger partial charge is 0.392 e. The number of aliphatic hydroxyl groups excluding tert-OH is 1. The zero-order valence-electron chi connectivity index (χ0n) is 8.20. The quantitative estimate of drug-likeness (QED) is 0.801. The molecule has 0 atom stereocenters. The van der Waals surface area contributed by atoms with Crippen molar-refractivity contribution < 1.29 is 17.9 Å². The second kappa shape index (κ2) is 4.69. The number of aliphatic hydroxyl groups is 1. The molecule has 15 heavy (non-hydrogen) atoms. The van der Waals surface area contributed by atoms with Crippen LogP contribution >= 0.6 is 0 Å². The monoisotopic (exact) mass is 233 g/mol. The number of hydrogen-bond donors (Lipinski definition) is 2. The maximum absolute atomic E-state index is 13.0. The van der Waals surface area contributed by atoms with Gasteiger partial charge in [0.1, 0.15) is 5.82 Å². The fourth-order valence-corrected chi connectivity index (χ4v) is 2.20. The van der Waals surface area contributed by atoms with Gasteiger partial charge in [-0.3, -0.25) is 0 Å². The van der Waals surface area contributed by atoms with Gasteiger partial charge in [-0.15, -0.1) is 0 Å². The molecule has 0 aliphatic rings. The molecule has 0 spiro atoms. The minimum Gasteiger partial charge on any atom is -0.392 e. The molecule has 4 nitrogen and oxygen atoms in total. The van der Waals surface area contributed by atoms with Gasteiger partial charge >= 0.3 is 0 Å². The highest BCUT2D eigenvalue weighted by molar-refractivity contribution is 7.89. The fraction of sp³-hybridized carbons (Fsp3) is 0.333. The highest BCUT2D eigenvalue weighted by Gasteiger charge is 2.14. The van der Waals surface area contributed by atoms with E-state index in [1.54, 1.807) is 6.92 Å². The van der Waals surface area contributed by atoms with Crippen molar-refractivity contribution in [2.45, 2.75) is 18.4 Å². The van der Waals surface area contributed by atoms with E-state index in [-0.39, 0.29) is 17.0 Å². The predicted octanol–water partition coefficient (Wildman–Crippen LogP) is 0.616. The van der Waals surface area contributed by atoms with E-state index in [1.807, 2.05) is 0 Å². The van der Waals surface area contributed by atoms with E-state index in [2.05, 4.69) is 4.72 Å². The second-order valence-electron chi connectivity index (χ2n) is 2.91. The standard InChI is InChI=1S/C9H12FNO3S/c1-2-11-15(13,14)8-3-4-9(10)7(5-8)6-12/h3-5,11-12H,2,6H2,1H3. The number of hydrogen-bond acceptors (Lipinski definition) is 3. The molecule has 0 radical (unpaired) electrons. The molecule has 0 saturated carbocycles. The van der Waals surface area contributed by atoms with Gasteiger partial charge < -0.3 is 5.11 Å². The zero-order chi connectivity index (χ0) is 11.5. The van der Waals surface area contributed by atoms with E-state index in [1.165, 1.54) is 0 Å². The van der Waals surface area contributed by atoms with Gasteiger partial charge in [0.15, 0.2) is 0 Å². The van der Waals surface area contributed by atoms with E-state index >= 15 is 0 Å². The van der Waals surface area contributed by atoms with Crippen LogP contribution in [0.2, 0.25) is 0 Å². The van der Waals surface area contributed by atoms with Gasteiger partial charge in [0.25, 0.3) is 0 Å². The summed E-state index contributed by atoms with van der Waals surface area (Å²) in [6.45, 7) is 1.38. The molecular formula is C9H12FNO3S. The molecule has 0 aliphatic heterocycles. The Bertz CT molecular complexity index is 445. The average molecular weight is 233 g/mol. The number of rotatable bonds is 4. The molecule has 0 bridgehead atoms. The highest BCUT2D eigenvalue weighted by Crippen LogP contribution is 2.14. The molecule has 84 valence electrons. The summed E-state index contributed by atoms with van der Waals surface area (Å²) in [4.78, 5) is -0.0465. The molecule has 6 heteroatoms. The van der Waals surface area contributed by atoms with Gasteiger partial charge in [0.2, 0.25) is 10.0 Å². The zero-order valence-corrected chi connectivity index (χ0v) is 9.01. The topological polar surface area (TPSA) is 66.4 Å². The Morgan fingerprint density at radius 2 is 2.13 bits per heavy atom. The van der Waals surface area contributed by atoms with Crippen LogP contribution in [0.25, 0.3) is 0 Å². The lowest BCUT2D eigenvalue weighted by Gasteiger charge is -2.06. The average Bonchev–Trinajstić information content (AvgIpc) is 2.18. The molecule has 0 amide bonds. The third-order valence-corrected chi connectivity index (χ3v) is 3.38. The van der Waals surface area contributed by atoms with Crippen molar-refractivity contribution in [3.63, 3.8) is 0 Å². The van der Waals surface area contributed by atoms with E-state index in [0.29, 0.717) is 0 Å². The maximum Gasteiger partial charge on any atom is 0.240 e. The lowest BCUT2D eigenvalue weighted by atomic mass is 10.2. The number of halogens is 1. The molecule has 2 N–H and O–H groups in total. The van der Waals surface area contributed by atoms with Crippen LogP contribution in [0.15, 0.2) is 23.1 Å². The maximum atomic E-state index is 13.0. The Morgan fingerprint density at radius 3 is 2.67 bits per heavy atom. The number of benzene rings is 1. The van der Waals surface area contributed by atoms with Crippen molar-refractivity contribution in [3.8, 4) is 0 Å². The van der Waals surface area contributed by atoms with Crippen molar-refractivity contribution in [2.24, 2.45) is 0 Å². The van der Waals surface area contributed by atoms with E-state index in [4.69, 9.17) is 5.11 Å². The molecule has 0 aromatic heterocycles. The Balaban J connectivity index is 3.17. The summed E-state index contributed by atoms with van der Waals surface area (Å²) < 4.78 is 38.2. The van der Waals surface area contributed by atoms with Crippen molar-refractivity contribution >= 4 is 10.0 Å². The van der Waals surface area contributed by atoms with Crippen LogP contribution in [0.3, 0.4) is 0 Å². The molecule has 1 rings (SSSR count). The Kier molecular flexibility index (Phi) is 3.78. The normalized spacial score (nSPS) is 11.7. The Hall–Kier alpha value is -0.980. The summed E-state index contributed by atoms with van der Waals surface area (Å²) >= 11 is 0. The Morgan fingerprint density at radius 1 is 1.47 bits per heavy atom. The van der Waals surface area contributed by atoms with Crippen LogP contribution in [-0.2, 0) is 16.6 Å². The fourth-order valence-electron chi connectivity index (χ4n) is 1.11. The van der Waals surface area contributed by atoms with Gasteiger partial charge in [-0.25, -0.2) is 17.5 Å². The van der Waals surface area contributed by atoms with Crippen LogP contribution < -0.4 is 4.72 Å². The summed E-state index contributed by atoms with van der Waals surface area (Å²) in [5.41, 5.74) is -0.0334. The smallest absolute Gasteiger partial charge is 0.240 e. The first kappa shape index (κ1) is 12.1. The Labute approximate surface area is 87.8 Å². The lowest BCUT2D eigenvalue weighted by Crippen LogP contribution is -2.23. The molecule has 0 aliphatic carbocycles. The summed E-state index contributed by atoms with van der Waals surface area (Å²) in [7, 11) is -3.59. The van der Waals surface area contributed by atoms with Gasteiger partial charge in [-0.1, -0.05) is 6.92 Å². The van der Waals surface area contributed by atoms with Crippen LogP contribution in [0.1, 0.15) is 12.5 Å². The number of nitrogens with one attached hydrogen (secondary N) is 1. The summed E-state index contributed by atoms with van der Waals surface area (Å²) in [5, 5.41) is 8.78. The molecule has 0 fully saturated rings. The third-order valence-electron chi connectivity index (χ3n) is 1.83. The molecule has 0 unspecified atom stereocenters. The predicted molar refractivity (Wildman–Crippen MR) is 53.2 cm³/mol. The van der Waals surface area contributed by atoms with Crippen LogP contribution in [-0.4, -0.2) is 20.1 Å². The van der Waals surface area contributed by atoms with Gasteiger partial charge in [-0.2, -0.15) is 0 Å².